The number of aliphatic hydroxyl groups excluding tert-OH is 1. The number of fused-ring (bicyclic) bond motifs is 2. The number of aliphatic hydroxyl groups is 2. The number of likely N-dealkylation sites (N-methyl/N-ethyl adjacent to an activating group) is 1. The van der Waals surface area contributed by atoms with Crippen LogP contribution in [0.25, 0.3) is 10.9 Å². The van der Waals surface area contributed by atoms with Crippen molar-refractivity contribution in [3.8, 4) is 5.75 Å². The molecule has 1 amide bonds. The minimum absolute atomic E-state index is 0.00949. The minimum atomic E-state index is -2.33. The fourth-order valence-electron chi connectivity index (χ4n) is 9.19. The number of methoxy groups -OCH3 is 1. The van der Waals surface area contributed by atoms with E-state index < -0.39 is 46.5 Å². The van der Waals surface area contributed by atoms with E-state index in [9.17, 15) is 24.9 Å². The molecular formula is C33H38N4O6. The van der Waals surface area contributed by atoms with Crippen molar-refractivity contribution in [3.05, 3.63) is 71.9 Å². The second-order valence-electron chi connectivity index (χ2n) is 12.6. The van der Waals surface area contributed by atoms with Gasteiger partial charge < -0.3 is 35.3 Å². The van der Waals surface area contributed by atoms with Gasteiger partial charge in [0.2, 0.25) is 0 Å². The Kier molecular flexibility index (Phi) is 6.22. The van der Waals surface area contributed by atoms with Crippen molar-refractivity contribution in [2.45, 2.75) is 61.4 Å². The van der Waals surface area contributed by atoms with Crippen LogP contribution in [0.5, 0.6) is 5.75 Å². The summed E-state index contributed by atoms with van der Waals surface area (Å²) in [7, 11) is 3.43. The van der Waals surface area contributed by atoms with Crippen LogP contribution in [0.15, 0.2) is 60.8 Å². The fourth-order valence-corrected chi connectivity index (χ4v) is 9.19. The summed E-state index contributed by atoms with van der Waals surface area (Å²) in [6.07, 6.45) is 5.44. The molecule has 4 heterocycles. The molecule has 1 saturated carbocycles. The molecular weight excluding hydrogens is 548 g/mol. The van der Waals surface area contributed by atoms with E-state index in [1.54, 1.807) is 13.3 Å². The highest BCUT2D eigenvalue weighted by Gasteiger charge is 2.78. The topological polar surface area (TPSA) is 138 Å². The highest BCUT2D eigenvalue weighted by Crippen LogP contribution is 2.66. The first-order valence-electron chi connectivity index (χ1n) is 15.0. The number of nitrogens with zero attached hydrogens (tertiary/aromatic N) is 2. The number of hydrogen-bond acceptors (Lipinski definition) is 7. The van der Waals surface area contributed by atoms with E-state index in [-0.39, 0.29) is 12.5 Å². The maximum Gasteiger partial charge on any atom is 0.326 e. The van der Waals surface area contributed by atoms with Crippen molar-refractivity contribution < 1.29 is 29.6 Å². The smallest absolute Gasteiger partial charge is 0.326 e. The molecule has 0 bridgehead atoms. The van der Waals surface area contributed by atoms with Crippen LogP contribution in [0.3, 0.4) is 0 Å². The number of carbonyl (C=O) groups excluding carboxylic acids is 1. The lowest BCUT2D eigenvalue weighted by Crippen LogP contribution is -2.82. The van der Waals surface area contributed by atoms with Crippen molar-refractivity contribution in [2.75, 3.05) is 32.1 Å². The zero-order chi connectivity index (χ0) is 30.3. The number of hydrogen-bond donors (Lipinski definition) is 5. The third kappa shape index (κ3) is 3.51. The number of carboxylic acid groups (broad SMARTS) is 1. The number of nitrogens with one attached hydrogen (secondary N) is 2. The number of aromatic nitrogens is 1. The Morgan fingerprint density at radius 2 is 2.00 bits per heavy atom. The highest BCUT2D eigenvalue weighted by atomic mass is 16.5. The zero-order valence-corrected chi connectivity index (χ0v) is 24.6. The van der Waals surface area contributed by atoms with E-state index in [1.807, 2.05) is 73.5 Å². The molecule has 1 aliphatic carbocycles. The van der Waals surface area contributed by atoms with Gasteiger partial charge in [-0.2, -0.15) is 0 Å². The number of amides is 1. The molecule has 43 heavy (non-hydrogen) atoms. The molecule has 2 fully saturated rings. The van der Waals surface area contributed by atoms with Gasteiger partial charge in [0.05, 0.1) is 13.2 Å². The first-order chi connectivity index (χ1) is 20.6. The first kappa shape index (κ1) is 27.9. The largest absolute Gasteiger partial charge is 0.497 e. The molecule has 1 unspecified atom stereocenters. The number of ether oxygens (including phenoxy) is 1. The Morgan fingerprint density at radius 1 is 1.21 bits per heavy atom. The van der Waals surface area contributed by atoms with Gasteiger partial charge in [-0.1, -0.05) is 43.3 Å². The summed E-state index contributed by atoms with van der Waals surface area (Å²) in [6, 6.07) is 11.1. The van der Waals surface area contributed by atoms with Crippen LogP contribution in [-0.4, -0.2) is 94.2 Å². The number of anilines is 1. The molecule has 7 rings (SSSR count). The molecule has 0 radical (unpaired) electrons. The average molecular weight is 587 g/mol. The van der Waals surface area contributed by atoms with Gasteiger partial charge >= 0.3 is 5.97 Å². The number of para-hydroxylation sites is 1. The number of carbonyl (C=O) groups is 2. The molecule has 1 saturated heterocycles. The third-order valence-corrected chi connectivity index (χ3v) is 10.9. The monoisotopic (exact) mass is 586 g/mol. The van der Waals surface area contributed by atoms with E-state index in [0.717, 1.165) is 40.8 Å². The molecule has 3 aliphatic heterocycles. The first-order valence-corrected chi connectivity index (χ1v) is 15.0. The molecule has 7 atom stereocenters. The van der Waals surface area contributed by atoms with Crippen LogP contribution in [-0.2, 0) is 21.4 Å². The minimum Gasteiger partial charge on any atom is -0.497 e. The van der Waals surface area contributed by atoms with Gasteiger partial charge in [-0.25, -0.2) is 4.79 Å². The van der Waals surface area contributed by atoms with E-state index >= 15 is 0 Å². The number of H-pyrrole nitrogens is 1. The summed E-state index contributed by atoms with van der Waals surface area (Å²) in [5.74, 6) is -1.45. The fraction of sp³-hybridized carbons (Fsp3) is 0.455. The van der Waals surface area contributed by atoms with Gasteiger partial charge in [0.25, 0.3) is 5.91 Å². The Labute approximate surface area is 249 Å². The Morgan fingerprint density at radius 3 is 2.74 bits per heavy atom. The van der Waals surface area contributed by atoms with Crippen LogP contribution in [0, 0.1) is 5.41 Å². The van der Waals surface area contributed by atoms with Crippen molar-refractivity contribution >= 4 is 28.5 Å². The number of benzene rings is 2. The second-order valence-corrected chi connectivity index (χ2v) is 12.6. The predicted octanol–water partition coefficient (Wildman–Crippen LogP) is 2.19. The number of aromatic amines is 1. The molecule has 2 aromatic carbocycles. The van der Waals surface area contributed by atoms with Gasteiger partial charge in [-0.15, -0.1) is 0 Å². The van der Waals surface area contributed by atoms with Gasteiger partial charge in [0.1, 0.15) is 17.9 Å². The maximum absolute atomic E-state index is 14.5. The van der Waals surface area contributed by atoms with Gasteiger partial charge in [0.15, 0.2) is 5.60 Å². The number of carboxylic acids is 1. The summed E-state index contributed by atoms with van der Waals surface area (Å²) in [6.45, 7) is 3.45. The van der Waals surface area contributed by atoms with Gasteiger partial charge in [0, 0.05) is 65.7 Å². The predicted molar refractivity (Wildman–Crippen MR) is 161 cm³/mol. The molecule has 3 aromatic rings. The Bertz CT molecular complexity index is 1650. The van der Waals surface area contributed by atoms with Crippen LogP contribution < -0.4 is 15.0 Å². The molecule has 4 aliphatic rings. The molecule has 10 nitrogen and oxygen atoms in total. The van der Waals surface area contributed by atoms with E-state index in [4.69, 9.17) is 4.74 Å². The summed E-state index contributed by atoms with van der Waals surface area (Å²) in [5.41, 5.74) is -0.525. The Hall–Kier alpha value is -3.86. The van der Waals surface area contributed by atoms with Gasteiger partial charge in [-0.3, -0.25) is 9.69 Å². The van der Waals surface area contributed by atoms with Crippen molar-refractivity contribution in [2.24, 2.45) is 5.41 Å². The van der Waals surface area contributed by atoms with Crippen molar-refractivity contribution in [1.82, 2.24) is 15.2 Å². The van der Waals surface area contributed by atoms with E-state index in [1.165, 1.54) is 0 Å². The van der Waals surface area contributed by atoms with Crippen molar-refractivity contribution in [3.63, 3.8) is 0 Å². The standard InChI is InChI=1S/C33H38N4O6/c1-4-31-12-7-14-37-15-13-32(27(31)37)22-11-10-20(43-3)17-25(22)36(2)28(32)33(42,29(31)40)30(41)35-24(26(38)39)16-19-18-34-23-9-6-5-8-21(19)23/h5-12,17-18,24,27-29,34,40,42H,4,13-16H2,1-3H3,(H,35,41)(H,38,39)/t24-,27+,28-,29-,31-,32?,33+/m1/s1. The molecule has 1 aromatic heterocycles. The maximum atomic E-state index is 14.5. The zero-order valence-electron chi connectivity index (χ0n) is 24.6. The molecule has 1 spiro atoms. The normalized spacial score (nSPS) is 33.1. The Balaban J connectivity index is 1.35. The van der Waals surface area contributed by atoms with Crippen molar-refractivity contribution in [1.29, 1.82) is 0 Å². The summed E-state index contributed by atoms with van der Waals surface area (Å²) >= 11 is 0. The summed E-state index contributed by atoms with van der Waals surface area (Å²) in [5, 5.41) is 39.0. The summed E-state index contributed by atoms with van der Waals surface area (Å²) in [4.78, 5) is 34.5. The second kappa shape index (κ2) is 9.57. The lowest BCUT2D eigenvalue weighted by Gasteiger charge is -2.63. The molecule has 5 N–H and O–H groups in total. The van der Waals surface area contributed by atoms with Gasteiger partial charge in [-0.05, 0) is 42.6 Å². The molecule has 10 heteroatoms. The van der Waals surface area contributed by atoms with E-state index in [0.29, 0.717) is 18.6 Å². The molecule has 226 valence electrons. The highest BCUT2D eigenvalue weighted by molar-refractivity contribution is 5.93. The van der Waals surface area contributed by atoms with Crippen LogP contribution in [0.1, 0.15) is 30.9 Å². The third-order valence-electron chi connectivity index (χ3n) is 10.9. The quantitative estimate of drug-likeness (QED) is 0.266. The van der Waals surface area contributed by atoms with Crippen LogP contribution in [0.2, 0.25) is 0 Å². The van der Waals surface area contributed by atoms with Crippen LogP contribution >= 0.6 is 0 Å². The average Bonchev–Trinajstić information content (AvgIpc) is 3.68. The lowest BCUT2D eigenvalue weighted by molar-refractivity contribution is -0.204. The number of rotatable bonds is 7. The SMILES string of the molecule is CC[C@]12C=CCN3CCC4(c5ccc(OC)cc5N(C)[C@H]4[C@@](O)(C(=O)N[C@H](Cc4c[nH]c5ccccc45)C(=O)O)[C@@H]1O)[C@@H]32. The van der Waals surface area contributed by atoms with E-state index in [2.05, 4.69) is 15.2 Å². The number of aliphatic carboxylic acids is 1. The summed E-state index contributed by atoms with van der Waals surface area (Å²) < 4.78 is 5.54. The van der Waals surface area contributed by atoms with Crippen LogP contribution in [0.4, 0.5) is 5.69 Å². The lowest BCUT2D eigenvalue weighted by atomic mass is 9.47.